The number of anilines is 1. The van der Waals surface area contributed by atoms with E-state index in [0.717, 1.165) is 6.07 Å². The topological polar surface area (TPSA) is 81.6 Å². The largest absolute Gasteiger partial charge is 0.508 e. The lowest BCUT2D eigenvalue weighted by Crippen LogP contribution is -2.24. The van der Waals surface area contributed by atoms with Crippen LogP contribution >= 0.6 is 0 Å². The molecule has 0 bridgehead atoms. The number of phenolic OH excluding ortho intramolecular Hbond substituents is 2. The molecule has 0 radical (unpaired) electrons. The first-order valence-electron chi connectivity index (χ1n) is 3.64. The molecule has 5 nitrogen and oxygen atoms in total. The van der Waals surface area contributed by atoms with E-state index in [0.29, 0.717) is 0 Å². The van der Waals surface area contributed by atoms with Gasteiger partial charge in [-0.3, -0.25) is 0 Å². The molecule has 5 heteroatoms. The molecule has 0 aliphatic heterocycles. The Morgan fingerprint density at radius 1 is 1.38 bits per heavy atom. The highest BCUT2D eigenvalue weighted by atomic mass is 16.3. The Bertz CT molecular complexity index is 325. The van der Waals surface area contributed by atoms with E-state index in [1.807, 2.05) is 0 Å². The molecule has 1 rings (SSSR count). The number of amides is 2. The number of rotatable bonds is 1. The molecule has 1 aromatic rings. The molecule has 1 aromatic carbocycles. The summed E-state index contributed by atoms with van der Waals surface area (Å²) in [5, 5.41) is 22.9. The monoisotopic (exact) mass is 182 g/mol. The minimum atomic E-state index is -0.430. The molecule has 0 spiro atoms. The van der Waals surface area contributed by atoms with Crippen LogP contribution in [-0.2, 0) is 0 Å². The van der Waals surface area contributed by atoms with Gasteiger partial charge in [0.05, 0.1) is 5.69 Å². The molecular formula is C8H10N2O3. The number of nitrogens with one attached hydrogen (secondary N) is 2. The van der Waals surface area contributed by atoms with Crippen LogP contribution in [0.1, 0.15) is 0 Å². The molecule has 13 heavy (non-hydrogen) atoms. The Morgan fingerprint density at radius 3 is 2.62 bits per heavy atom. The fraction of sp³-hybridized carbons (Fsp3) is 0.125. The smallest absolute Gasteiger partial charge is 0.319 e. The van der Waals surface area contributed by atoms with Gasteiger partial charge in [-0.05, 0) is 12.1 Å². The van der Waals surface area contributed by atoms with Crippen LogP contribution in [0.5, 0.6) is 11.5 Å². The van der Waals surface area contributed by atoms with Crippen molar-refractivity contribution in [3.8, 4) is 11.5 Å². The van der Waals surface area contributed by atoms with Crippen molar-refractivity contribution < 1.29 is 15.0 Å². The van der Waals surface area contributed by atoms with E-state index >= 15 is 0 Å². The normalized spacial score (nSPS) is 9.31. The summed E-state index contributed by atoms with van der Waals surface area (Å²) in [7, 11) is 1.47. The Balaban J connectivity index is 2.83. The third-order valence-electron chi connectivity index (χ3n) is 1.46. The number of phenols is 2. The Hall–Kier alpha value is -1.91. The molecule has 2 amide bonds. The van der Waals surface area contributed by atoms with Crippen LogP contribution < -0.4 is 10.6 Å². The minimum absolute atomic E-state index is 0.0556. The van der Waals surface area contributed by atoms with Crippen molar-refractivity contribution in [1.82, 2.24) is 5.32 Å². The predicted octanol–water partition coefficient (Wildman–Crippen LogP) is 0.849. The van der Waals surface area contributed by atoms with Crippen LogP contribution in [0.2, 0.25) is 0 Å². The molecule has 0 atom stereocenters. The summed E-state index contributed by atoms with van der Waals surface area (Å²) >= 11 is 0. The first kappa shape index (κ1) is 9.18. The number of carbonyl (C=O) groups excluding carboxylic acids is 1. The van der Waals surface area contributed by atoms with Gasteiger partial charge in [0.1, 0.15) is 11.5 Å². The highest BCUT2D eigenvalue weighted by molar-refractivity contribution is 5.90. The molecule has 0 aliphatic carbocycles. The average molecular weight is 182 g/mol. The van der Waals surface area contributed by atoms with Crippen molar-refractivity contribution in [2.45, 2.75) is 0 Å². The van der Waals surface area contributed by atoms with Crippen LogP contribution in [0.4, 0.5) is 10.5 Å². The molecule has 0 saturated heterocycles. The van der Waals surface area contributed by atoms with Crippen LogP contribution in [0.15, 0.2) is 18.2 Å². The molecule has 0 unspecified atom stereocenters. The maximum atomic E-state index is 10.8. The zero-order valence-electron chi connectivity index (χ0n) is 7.03. The van der Waals surface area contributed by atoms with Crippen molar-refractivity contribution in [1.29, 1.82) is 0 Å². The van der Waals surface area contributed by atoms with Gasteiger partial charge in [-0.1, -0.05) is 0 Å². The van der Waals surface area contributed by atoms with E-state index in [2.05, 4.69) is 10.6 Å². The van der Waals surface area contributed by atoms with Crippen molar-refractivity contribution in [2.75, 3.05) is 12.4 Å². The number of carbonyl (C=O) groups is 1. The van der Waals surface area contributed by atoms with Crippen molar-refractivity contribution in [3.05, 3.63) is 18.2 Å². The van der Waals surface area contributed by atoms with Gasteiger partial charge in [0, 0.05) is 13.1 Å². The number of aromatic hydroxyl groups is 2. The summed E-state index contributed by atoms with van der Waals surface area (Å²) in [5.41, 5.74) is 0.247. The fourth-order valence-corrected chi connectivity index (χ4v) is 0.811. The van der Waals surface area contributed by atoms with Gasteiger partial charge >= 0.3 is 6.03 Å². The zero-order chi connectivity index (χ0) is 9.84. The number of hydrogen-bond donors (Lipinski definition) is 4. The zero-order valence-corrected chi connectivity index (χ0v) is 7.03. The quantitative estimate of drug-likeness (QED) is 0.384. The molecule has 0 aliphatic rings. The van der Waals surface area contributed by atoms with E-state index in [4.69, 9.17) is 5.11 Å². The van der Waals surface area contributed by atoms with E-state index in [1.54, 1.807) is 0 Å². The number of benzene rings is 1. The minimum Gasteiger partial charge on any atom is -0.508 e. The van der Waals surface area contributed by atoms with Gasteiger partial charge in [-0.15, -0.1) is 0 Å². The summed E-state index contributed by atoms with van der Waals surface area (Å²) in [5.74, 6) is -0.233. The SMILES string of the molecule is CNC(=O)Nc1ccc(O)cc1O. The van der Waals surface area contributed by atoms with Gasteiger partial charge < -0.3 is 20.8 Å². The van der Waals surface area contributed by atoms with E-state index in [1.165, 1.54) is 19.2 Å². The Kier molecular flexibility index (Phi) is 2.59. The van der Waals surface area contributed by atoms with Crippen LogP contribution in [0, 0.1) is 0 Å². The summed E-state index contributed by atoms with van der Waals surface area (Å²) in [4.78, 5) is 10.8. The average Bonchev–Trinajstić information content (AvgIpc) is 2.09. The van der Waals surface area contributed by atoms with Crippen molar-refractivity contribution in [3.63, 3.8) is 0 Å². The highest BCUT2D eigenvalue weighted by Gasteiger charge is 2.04. The fourth-order valence-electron chi connectivity index (χ4n) is 0.811. The molecule has 4 N–H and O–H groups in total. The number of urea groups is 1. The summed E-state index contributed by atoms with van der Waals surface area (Å²) in [6.07, 6.45) is 0. The lowest BCUT2D eigenvalue weighted by atomic mass is 10.3. The summed E-state index contributed by atoms with van der Waals surface area (Å²) in [6.45, 7) is 0. The maximum Gasteiger partial charge on any atom is 0.319 e. The Morgan fingerprint density at radius 2 is 2.08 bits per heavy atom. The van der Waals surface area contributed by atoms with Crippen molar-refractivity contribution >= 4 is 11.7 Å². The second-order valence-electron chi connectivity index (χ2n) is 2.41. The van der Waals surface area contributed by atoms with Gasteiger partial charge in [-0.2, -0.15) is 0 Å². The van der Waals surface area contributed by atoms with Crippen LogP contribution in [0.25, 0.3) is 0 Å². The Labute approximate surface area is 75.0 Å². The highest BCUT2D eigenvalue weighted by Crippen LogP contribution is 2.26. The maximum absolute atomic E-state index is 10.8. The molecule has 0 fully saturated rings. The number of hydrogen-bond acceptors (Lipinski definition) is 3. The van der Waals surface area contributed by atoms with Crippen molar-refractivity contribution in [2.24, 2.45) is 0 Å². The van der Waals surface area contributed by atoms with Gasteiger partial charge in [-0.25, -0.2) is 4.79 Å². The lowest BCUT2D eigenvalue weighted by Gasteiger charge is -2.06. The third-order valence-corrected chi connectivity index (χ3v) is 1.46. The first-order chi connectivity index (χ1) is 6.13. The molecular weight excluding hydrogens is 172 g/mol. The van der Waals surface area contributed by atoms with Crippen LogP contribution in [0.3, 0.4) is 0 Å². The second-order valence-corrected chi connectivity index (χ2v) is 2.41. The molecule has 0 saturated carbocycles. The first-order valence-corrected chi connectivity index (χ1v) is 3.64. The standard InChI is InChI=1S/C8H10N2O3/c1-9-8(13)10-6-3-2-5(11)4-7(6)12/h2-4,11-12H,1H3,(H2,9,10,13). The van der Waals surface area contributed by atoms with E-state index in [-0.39, 0.29) is 17.2 Å². The third kappa shape index (κ3) is 2.26. The second kappa shape index (κ2) is 3.66. The molecule has 0 heterocycles. The molecule has 0 aromatic heterocycles. The van der Waals surface area contributed by atoms with E-state index < -0.39 is 6.03 Å². The lowest BCUT2D eigenvalue weighted by molar-refractivity contribution is 0.254. The van der Waals surface area contributed by atoms with Crippen LogP contribution in [-0.4, -0.2) is 23.3 Å². The summed E-state index contributed by atoms with van der Waals surface area (Å²) < 4.78 is 0. The summed E-state index contributed by atoms with van der Waals surface area (Å²) in [6, 6.07) is 3.48. The van der Waals surface area contributed by atoms with E-state index in [9.17, 15) is 9.90 Å². The van der Waals surface area contributed by atoms with Gasteiger partial charge in [0.2, 0.25) is 0 Å². The van der Waals surface area contributed by atoms with Gasteiger partial charge in [0.25, 0.3) is 0 Å². The molecule has 70 valence electrons. The van der Waals surface area contributed by atoms with Gasteiger partial charge in [0.15, 0.2) is 0 Å². The predicted molar refractivity (Wildman–Crippen MR) is 47.9 cm³/mol.